The number of aryl methyl sites for hydroxylation is 2. The summed E-state index contributed by atoms with van der Waals surface area (Å²) in [6, 6.07) is 16.7. The van der Waals surface area contributed by atoms with Crippen molar-refractivity contribution in [3.63, 3.8) is 0 Å². The Morgan fingerprint density at radius 3 is 2.60 bits per heavy atom. The molecule has 148 valence electrons. The molecular weight excluding hydrogens is 378 g/mol. The van der Waals surface area contributed by atoms with Crippen LogP contribution in [0.1, 0.15) is 27.0 Å². The van der Waals surface area contributed by atoms with Crippen molar-refractivity contribution in [2.45, 2.75) is 13.8 Å². The quantitative estimate of drug-likeness (QED) is 0.558. The SMILES string of the molecule is COc1ccc(C(=O)Nc2c(C#N)cnn2-c2cc(C)c3cccc(C)c3n2)cc1. The minimum atomic E-state index is -0.357. The van der Waals surface area contributed by atoms with Gasteiger partial charge in [0.05, 0.1) is 18.8 Å². The second kappa shape index (κ2) is 7.68. The van der Waals surface area contributed by atoms with E-state index in [0.717, 1.165) is 22.0 Å². The first-order valence-electron chi connectivity index (χ1n) is 9.32. The molecule has 0 radical (unpaired) electrons. The van der Waals surface area contributed by atoms with Gasteiger partial charge < -0.3 is 10.1 Å². The van der Waals surface area contributed by atoms with Gasteiger partial charge in [0.2, 0.25) is 0 Å². The number of amides is 1. The Morgan fingerprint density at radius 2 is 1.90 bits per heavy atom. The zero-order valence-electron chi connectivity index (χ0n) is 16.8. The number of carbonyl (C=O) groups is 1. The molecule has 30 heavy (non-hydrogen) atoms. The number of benzene rings is 2. The van der Waals surface area contributed by atoms with Crippen molar-refractivity contribution >= 4 is 22.6 Å². The van der Waals surface area contributed by atoms with E-state index < -0.39 is 0 Å². The molecule has 0 aliphatic heterocycles. The fourth-order valence-electron chi connectivity index (χ4n) is 3.30. The molecular formula is C23H19N5O2. The minimum Gasteiger partial charge on any atom is -0.497 e. The molecule has 0 bridgehead atoms. The molecule has 1 N–H and O–H groups in total. The minimum absolute atomic E-state index is 0.251. The summed E-state index contributed by atoms with van der Waals surface area (Å²) in [6.45, 7) is 3.99. The number of hydrogen-bond acceptors (Lipinski definition) is 5. The number of ether oxygens (including phenoxy) is 1. The van der Waals surface area contributed by atoms with Crippen LogP contribution in [0, 0.1) is 25.2 Å². The van der Waals surface area contributed by atoms with Gasteiger partial charge in [-0.3, -0.25) is 4.79 Å². The number of nitriles is 1. The summed E-state index contributed by atoms with van der Waals surface area (Å²) in [6.07, 6.45) is 1.42. The maximum atomic E-state index is 12.8. The molecule has 0 aliphatic carbocycles. The number of nitrogens with zero attached hydrogens (tertiary/aromatic N) is 4. The highest BCUT2D eigenvalue weighted by molar-refractivity contribution is 6.04. The van der Waals surface area contributed by atoms with Crippen LogP contribution in [0.15, 0.2) is 54.7 Å². The predicted molar refractivity (Wildman–Crippen MR) is 114 cm³/mol. The summed E-state index contributed by atoms with van der Waals surface area (Å²) < 4.78 is 6.61. The molecule has 2 aromatic heterocycles. The van der Waals surface area contributed by atoms with E-state index in [9.17, 15) is 10.1 Å². The van der Waals surface area contributed by atoms with E-state index in [1.165, 1.54) is 10.9 Å². The summed E-state index contributed by atoms with van der Waals surface area (Å²) in [4.78, 5) is 17.5. The summed E-state index contributed by atoms with van der Waals surface area (Å²) in [5.74, 6) is 1.10. The number of nitrogens with one attached hydrogen (secondary N) is 1. The highest BCUT2D eigenvalue weighted by atomic mass is 16.5. The molecule has 0 spiro atoms. The zero-order valence-corrected chi connectivity index (χ0v) is 16.8. The van der Waals surface area contributed by atoms with Gasteiger partial charge in [0, 0.05) is 10.9 Å². The lowest BCUT2D eigenvalue weighted by atomic mass is 10.1. The lowest BCUT2D eigenvalue weighted by Gasteiger charge is -2.12. The molecule has 0 aliphatic rings. The number of anilines is 1. The molecule has 1 amide bonds. The second-order valence-corrected chi connectivity index (χ2v) is 6.88. The van der Waals surface area contributed by atoms with Gasteiger partial charge in [0.15, 0.2) is 11.6 Å². The lowest BCUT2D eigenvalue weighted by Crippen LogP contribution is -2.16. The topological polar surface area (TPSA) is 92.8 Å². The van der Waals surface area contributed by atoms with Crippen LogP contribution in [-0.2, 0) is 0 Å². The summed E-state index contributed by atoms with van der Waals surface area (Å²) in [5.41, 5.74) is 3.61. The molecule has 7 heteroatoms. The van der Waals surface area contributed by atoms with Crippen LogP contribution in [0.2, 0.25) is 0 Å². The average Bonchev–Trinajstić information content (AvgIpc) is 3.17. The van der Waals surface area contributed by atoms with Crippen LogP contribution in [0.3, 0.4) is 0 Å². The van der Waals surface area contributed by atoms with Crippen LogP contribution in [-0.4, -0.2) is 27.8 Å². The van der Waals surface area contributed by atoms with Gasteiger partial charge in [0.1, 0.15) is 17.4 Å². The number of rotatable bonds is 4. The highest BCUT2D eigenvalue weighted by Crippen LogP contribution is 2.25. The molecule has 4 rings (SSSR count). The van der Waals surface area contributed by atoms with Crippen molar-refractivity contribution in [1.29, 1.82) is 5.26 Å². The number of fused-ring (bicyclic) bond motifs is 1. The third-order valence-electron chi connectivity index (χ3n) is 4.93. The fourth-order valence-corrected chi connectivity index (χ4v) is 3.30. The summed E-state index contributed by atoms with van der Waals surface area (Å²) >= 11 is 0. The van der Waals surface area contributed by atoms with Gasteiger partial charge >= 0.3 is 0 Å². The zero-order chi connectivity index (χ0) is 21.3. The van der Waals surface area contributed by atoms with Gasteiger partial charge in [-0.25, -0.2) is 4.98 Å². The van der Waals surface area contributed by atoms with Crippen LogP contribution in [0.25, 0.3) is 16.7 Å². The van der Waals surface area contributed by atoms with Crippen LogP contribution >= 0.6 is 0 Å². The monoisotopic (exact) mass is 397 g/mol. The van der Waals surface area contributed by atoms with E-state index >= 15 is 0 Å². The van der Waals surface area contributed by atoms with Crippen molar-refractivity contribution in [1.82, 2.24) is 14.8 Å². The highest BCUT2D eigenvalue weighted by Gasteiger charge is 2.18. The number of hydrogen-bond donors (Lipinski definition) is 1. The molecule has 0 saturated carbocycles. The molecule has 0 fully saturated rings. The third kappa shape index (κ3) is 3.35. The number of carbonyl (C=O) groups excluding carboxylic acids is 1. The lowest BCUT2D eigenvalue weighted by molar-refractivity contribution is 0.102. The molecule has 2 aromatic carbocycles. The van der Waals surface area contributed by atoms with Gasteiger partial charge in [-0.1, -0.05) is 18.2 Å². The second-order valence-electron chi connectivity index (χ2n) is 6.88. The van der Waals surface area contributed by atoms with Crippen molar-refractivity contribution < 1.29 is 9.53 Å². The Labute approximate surface area is 173 Å². The molecule has 0 unspecified atom stereocenters. The molecule has 4 aromatic rings. The van der Waals surface area contributed by atoms with E-state index in [4.69, 9.17) is 9.72 Å². The summed E-state index contributed by atoms with van der Waals surface area (Å²) in [5, 5.41) is 17.7. The number of para-hydroxylation sites is 1. The van der Waals surface area contributed by atoms with Gasteiger partial charge in [0.25, 0.3) is 5.91 Å². The standard InChI is InChI=1S/C23H19N5O2/c1-14-5-4-6-19-15(2)11-20(26-21(14)19)28-22(17(12-24)13-25-28)27-23(29)16-7-9-18(30-3)10-8-16/h4-11,13H,1-3H3,(H,27,29). The van der Waals surface area contributed by atoms with Gasteiger partial charge in [-0.05, 0) is 55.3 Å². The fraction of sp³-hybridized carbons (Fsp3) is 0.130. The molecule has 0 atom stereocenters. The largest absolute Gasteiger partial charge is 0.497 e. The number of methoxy groups -OCH3 is 1. The van der Waals surface area contributed by atoms with Gasteiger partial charge in [-0.2, -0.15) is 15.0 Å². The van der Waals surface area contributed by atoms with Crippen molar-refractivity contribution in [2.75, 3.05) is 12.4 Å². The Hall–Kier alpha value is -4.18. The normalized spacial score (nSPS) is 10.6. The first-order valence-corrected chi connectivity index (χ1v) is 9.32. The van der Waals surface area contributed by atoms with E-state index in [1.54, 1.807) is 31.4 Å². The smallest absolute Gasteiger partial charge is 0.256 e. The van der Waals surface area contributed by atoms with E-state index in [2.05, 4.69) is 16.5 Å². The maximum absolute atomic E-state index is 12.8. The first kappa shape index (κ1) is 19.2. The number of pyridine rings is 1. The maximum Gasteiger partial charge on any atom is 0.256 e. The molecule has 2 heterocycles. The Morgan fingerprint density at radius 1 is 1.13 bits per heavy atom. The molecule has 0 saturated heterocycles. The van der Waals surface area contributed by atoms with Crippen LogP contribution in [0.5, 0.6) is 5.75 Å². The van der Waals surface area contributed by atoms with Gasteiger partial charge in [-0.15, -0.1) is 0 Å². The predicted octanol–water partition coefficient (Wildman–Crippen LogP) is 4.17. The Bertz CT molecular complexity index is 1300. The molecule has 7 nitrogen and oxygen atoms in total. The van der Waals surface area contributed by atoms with E-state index in [-0.39, 0.29) is 17.3 Å². The van der Waals surface area contributed by atoms with E-state index in [0.29, 0.717) is 17.1 Å². The average molecular weight is 397 g/mol. The Balaban J connectivity index is 1.77. The van der Waals surface area contributed by atoms with Crippen LogP contribution < -0.4 is 10.1 Å². The van der Waals surface area contributed by atoms with Crippen molar-refractivity contribution in [3.8, 4) is 17.6 Å². The van der Waals surface area contributed by atoms with E-state index in [1.807, 2.05) is 38.1 Å². The first-order chi connectivity index (χ1) is 14.5. The number of aromatic nitrogens is 3. The third-order valence-corrected chi connectivity index (χ3v) is 4.93. The van der Waals surface area contributed by atoms with Crippen molar-refractivity contribution in [2.24, 2.45) is 0 Å². The Kier molecular flexibility index (Phi) is 4.90. The summed E-state index contributed by atoms with van der Waals surface area (Å²) in [7, 11) is 1.56. The van der Waals surface area contributed by atoms with Crippen LogP contribution in [0.4, 0.5) is 5.82 Å². The van der Waals surface area contributed by atoms with Crippen molar-refractivity contribution in [3.05, 3.63) is 77.0 Å².